The molecule has 0 saturated carbocycles. The molecule has 0 bridgehead atoms. The highest BCUT2D eigenvalue weighted by atomic mass is 19.1. The summed E-state index contributed by atoms with van der Waals surface area (Å²) in [5.41, 5.74) is 6.37. The van der Waals surface area contributed by atoms with Crippen LogP contribution in [-0.2, 0) is 4.74 Å². The molecule has 1 atom stereocenters. The number of methoxy groups -OCH3 is 1. The first-order valence-corrected chi connectivity index (χ1v) is 3.73. The molecule has 0 spiro atoms. The number of nitrogens with two attached hydrogens (primary N) is 1. The molecular formula is C9H12FNO. The first-order valence-electron chi connectivity index (χ1n) is 3.73. The number of hydrogen-bond donors (Lipinski definition) is 1. The zero-order valence-electron chi connectivity index (χ0n) is 7.17. The Hall–Kier alpha value is -1.09. The highest BCUT2D eigenvalue weighted by Crippen LogP contribution is 2.24. The predicted octanol–water partition coefficient (Wildman–Crippen LogP) is 2.12. The van der Waals surface area contributed by atoms with Gasteiger partial charge in [0.2, 0.25) is 0 Å². The second kappa shape index (κ2) is 3.54. The van der Waals surface area contributed by atoms with Crippen LogP contribution >= 0.6 is 0 Å². The Morgan fingerprint density at radius 1 is 1.50 bits per heavy atom. The fourth-order valence-corrected chi connectivity index (χ4v) is 1.04. The molecule has 2 N–H and O–H groups in total. The quantitative estimate of drug-likeness (QED) is 0.688. The minimum absolute atomic E-state index is 0.166. The largest absolute Gasteiger partial charge is 0.396 e. The first-order chi connectivity index (χ1) is 5.66. The Kier molecular flexibility index (Phi) is 2.65. The summed E-state index contributed by atoms with van der Waals surface area (Å²) in [7, 11) is 1.56. The van der Waals surface area contributed by atoms with Gasteiger partial charge in [0.15, 0.2) is 0 Å². The fraction of sp³-hybridized carbons (Fsp3) is 0.333. The third kappa shape index (κ3) is 1.56. The molecule has 2 nitrogen and oxygen atoms in total. The standard InChI is InChI=1S/C9H12FNO/c1-6(12-2)7-4-3-5-8(10)9(7)11/h3-6H,11H2,1-2H3. The Morgan fingerprint density at radius 2 is 2.17 bits per heavy atom. The van der Waals surface area contributed by atoms with Gasteiger partial charge in [-0.3, -0.25) is 0 Å². The maximum absolute atomic E-state index is 12.9. The molecule has 1 aromatic carbocycles. The SMILES string of the molecule is COC(C)c1cccc(F)c1N. The third-order valence-corrected chi connectivity index (χ3v) is 1.88. The van der Waals surface area contributed by atoms with Crippen LogP contribution < -0.4 is 5.73 Å². The zero-order chi connectivity index (χ0) is 9.14. The van der Waals surface area contributed by atoms with Crippen LogP contribution in [0.2, 0.25) is 0 Å². The van der Waals surface area contributed by atoms with Gasteiger partial charge in [-0.15, -0.1) is 0 Å². The van der Waals surface area contributed by atoms with E-state index in [1.807, 2.05) is 6.92 Å². The molecule has 3 heteroatoms. The summed E-state index contributed by atoms with van der Waals surface area (Å²) in [5.74, 6) is -0.392. The smallest absolute Gasteiger partial charge is 0.146 e. The lowest BCUT2D eigenvalue weighted by molar-refractivity contribution is 0.120. The average Bonchev–Trinajstić information content (AvgIpc) is 2.08. The van der Waals surface area contributed by atoms with Gasteiger partial charge in [-0.2, -0.15) is 0 Å². The molecule has 1 aromatic rings. The third-order valence-electron chi connectivity index (χ3n) is 1.88. The fourth-order valence-electron chi connectivity index (χ4n) is 1.04. The van der Waals surface area contributed by atoms with Crippen molar-refractivity contribution in [3.05, 3.63) is 29.6 Å². The summed E-state index contributed by atoms with van der Waals surface area (Å²) in [6, 6.07) is 4.71. The van der Waals surface area contributed by atoms with E-state index in [2.05, 4.69) is 0 Å². The molecule has 1 unspecified atom stereocenters. The van der Waals surface area contributed by atoms with E-state index in [4.69, 9.17) is 10.5 Å². The van der Waals surface area contributed by atoms with Crippen LogP contribution in [0.25, 0.3) is 0 Å². The lowest BCUT2D eigenvalue weighted by atomic mass is 10.1. The van der Waals surface area contributed by atoms with Crippen molar-refractivity contribution in [2.45, 2.75) is 13.0 Å². The minimum atomic E-state index is -0.392. The summed E-state index contributed by atoms with van der Waals surface area (Å²) in [4.78, 5) is 0. The van der Waals surface area contributed by atoms with E-state index in [0.29, 0.717) is 5.56 Å². The van der Waals surface area contributed by atoms with Gasteiger partial charge >= 0.3 is 0 Å². The van der Waals surface area contributed by atoms with Gasteiger partial charge in [-0.05, 0) is 13.0 Å². The Bertz CT molecular complexity index is 275. The van der Waals surface area contributed by atoms with Crippen LogP contribution in [0.5, 0.6) is 0 Å². The zero-order valence-corrected chi connectivity index (χ0v) is 7.17. The van der Waals surface area contributed by atoms with E-state index in [0.717, 1.165) is 0 Å². The van der Waals surface area contributed by atoms with E-state index in [9.17, 15) is 4.39 Å². The van der Waals surface area contributed by atoms with Crippen molar-refractivity contribution in [1.29, 1.82) is 0 Å². The van der Waals surface area contributed by atoms with Crippen molar-refractivity contribution >= 4 is 5.69 Å². The Balaban J connectivity index is 3.07. The van der Waals surface area contributed by atoms with Crippen molar-refractivity contribution in [2.75, 3.05) is 12.8 Å². The van der Waals surface area contributed by atoms with Crippen LogP contribution in [0.3, 0.4) is 0 Å². The number of para-hydroxylation sites is 1. The molecule has 0 fully saturated rings. The number of benzene rings is 1. The highest BCUT2D eigenvalue weighted by molar-refractivity contribution is 5.48. The molecule has 0 aliphatic heterocycles. The van der Waals surface area contributed by atoms with Crippen molar-refractivity contribution in [2.24, 2.45) is 0 Å². The maximum atomic E-state index is 12.9. The minimum Gasteiger partial charge on any atom is -0.396 e. The maximum Gasteiger partial charge on any atom is 0.146 e. The lowest BCUT2D eigenvalue weighted by Crippen LogP contribution is -2.02. The second-order valence-corrected chi connectivity index (χ2v) is 2.62. The van der Waals surface area contributed by atoms with Gasteiger partial charge in [0, 0.05) is 12.7 Å². The summed E-state index contributed by atoms with van der Waals surface area (Å²) < 4.78 is 17.9. The van der Waals surface area contributed by atoms with Crippen LogP contribution in [0.4, 0.5) is 10.1 Å². The predicted molar refractivity (Wildman–Crippen MR) is 46.2 cm³/mol. The first kappa shape index (κ1) is 9.00. The van der Waals surface area contributed by atoms with E-state index < -0.39 is 5.82 Å². The van der Waals surface area contributed by atoms with Crippen molar-refractivity contribution in [3.8, 4) is 0 Å². The Labute approximate surface area is 71.1 Å². The van der Waals surface area contributed by atoms with Gasteiger partial charge in [-0.25, -0.2) is 4.39 Å². The molecule has 0 amide bonds. The van der Waals surface area contributed by atoms with Crippen LogP contribution in [0, 0.1) is 5.82 Å². The number of ether oxygens (including phenoxy) is 1. The van der Waals surface area contributed by atoms with Crippen molar-refractivity contribution < 1.29 is 9.13 Å². The van der Waals surface area contributed by atoms with E-state index in [1.54, 1.807) is 19.2 Å². The number of rotatable bonds is 2. The van der Waals surface area contributed by atoms with Gasteiger partial charge < -0.3 is 10.5 Å². The lowest BCUT2D eigenvalue weighted by Gasteiger charge is -2.12. The van der Waals surface area contributed by atoms with Crippen LogP contribution in [0.1, 0.15) is 18.6 Å². The van der Waals surface area contributed by atoms with Crippen LogP contribution in [0.15, 0.2) is 18.2 Å². The van der Waals surface area contributed by atoms with Crippen LogP contribution in [-0.4, -0.2) is 7.11 Å². The van der Waals surface area contributed by atoms with E-state index in [-0.39, 0.29) is 11.8 Å². The van der Waals surface area contributed by atoms with Gasteiger partial charge in [0.1, 0.15) is 5.82 Å². The Morgan fingerprint density at radius 3 is 2.75 bits per heavy atom. The molecule has 0 aromatic heterocycles. The molecule has 0 aliphatic carbocycles. The summed E-state index contributed by atoms with van der Waals surface area (Å²) >= 11 is 0. The number of anilines is 1. The molecule has 12 heavy (non-hydrogen) atoms. The summed E-state index contributed by atoms with van der Waals surface area (Å²) in [6.07, 6.45) is -0.166. The normalized spacial score (nSPS) is 12.9. The molecular weight excluding hydrogens is 157 g/mol. The summed E-state index contributed by atoms with van der Waals surface area (Å²) in [6.45, 7) is 1.82. The highest BCUT2D eigenvalue weighted by Gasteiger charge is 2.09. The molecule has 0 aliphatic rings. The molecule has 0 radical (unpaired) electrons. The second-order valence-electron chi connectivity index (χ2n) is 2.62. The number of hydrogen-bond acceptors (Lipinski definition) is 2. The molecule has 0 saturated heterocycles. The average molecular weight is 169 g/mol. The van der Waals surface area contributed by atoms with Crippen molar-refractivity contribution in [1.82, 2.24) is 0 Å². The van der Waals surface area contributed by atoms with Gasteiger partial charge in [0.25, 0.3) is 0 Å². The van der Waals surface area contributed by atoms with Crippen molar-refractivity contribution in [3.63, 3.8) is 0 Å². The topological polar surface area (TPSA) is 35.2 Å². The monoisotopic (exact) mass is 169 g/mol. The summed E-state index contributed by atoms with van der Waals surface area (Å²) in [5, 5.41) is 0. The number of halogens is 1. The van der Waals surface area contributed by atoms with E-state index >= 15 is 0 Å². The molecule has 1 rings (SSSR count). The van der Waals surface area contributed by atoms with Gasteiger partial charge in [0.05, 0.1) is 11.8 Å². The van der Waals surface area contributed by atoms with E-state index in [1.165, 1.54) is 6.07 Å². The van der Waals surface area contributed by atoms with Gasteiger partial charge in [-0.1, -0.05) is 12.1 Å². The molecule has 66 valence electrons. The number of nitrogen functional groups attached to an aromatic ring is 1. The molecule has 0 heterocycles.